The standard InChI is InChI=1S/C16H20N2O2/c1-11-14(15(19)20)10-18(17-11)9-12-5-7-13(8-6-12)16(2,3)4/h5-8,10H,9H2,1-4H3,(H,19,20). The summed E-state index contributed by atoms with van der Waals surface area (Å²) < 4.78 is 1.67. The van der Waals surface area contributed by atoms with Gasteiger partial charge in [0.05, 0.1) is 12.2 Å². The molecule has 0 radical (unpaired) electrons. The minimum atomic E-state index is -0.933. The predicted molar refractivity (Wildman–Crippen MR) is 78.2 cm³/mol. The molecule has 0 fully saturated rings. The Bertz CT molecular complexity index is 619. The molecule has 1 aromatic carbocycles. The zero-order chi connectivity index (χ0) is 14.9. The molecule has 0 unspecified atom stereocenters. The van der Waals surface area contributed by atoms with Gasteiger partial charge in [-0.3, -0.25) is 4.68 Å². The highest BCUT2D eigenvalue weighted by Gasteiger charge is 2.14. The number of carboxylic acids is 1. The molecule has 4 nitrogen and oxygen atoms in total. The van der Waals surface area contributed by atoms with Crippen LogP contribution in [0.5, 0.6) is 0 Å². The lowest BCUT2D eigenvalue weighted by molar-refractivity contribution is 0.0696. The summed E-state index contributed by atoms with van der Waals surface area (Å²) in [7, 11) is 0. The lowest BCUT2D eigenvalue weighted by Gasteiger charge is -2.19. The van der Waals surface area contributed by atoms with Crippen molar-refractivity contribution in [2.24, 2.45) is 0 Å². The highest BCUT2D eigenvalue weighted by molar-refractivity contribution is 5.88. The number of carboxylic acid groups (broad SMARTS) is 1. The van der Waals surface area contributed by atoms with Crippen molar-refractivity contribution < 1.29 is 9.90 Å². The summed E-state index contributed by atoms with van der Waals surface area (Å²) >= 11 is 0. The summed E-state index contributed by atoms with van der Waals surface area (Å²) in [5.41, 5.74) is 3.33. The average molecular weight is 272 g/mol. The first kappa shape index (κ1) is 14.3. The van der Waals surface area contributed by atoms with Crippen LogP contribution in [0, 0.1) is 6.92 Å². The Morgan fingerprint density at radius 2 is 1.85 bits per heavy atom. The largest absolute Gasteiger partial charge is 0.478 e. The highest BCUT2D eigenvalue weighted by Crippen LogP contribution is 2.22. The van der Waals surface area contributed by atoms with E-state index in [1.165, 1.54) is 5.56 Å². The summed E-state index contributed by atoms with van der Waals surface area (Å²) in [5, 5.41) is 13.3. The van der Waals surface area contributed by atoms with Crippen molar-refractivity contribution in [3.63, 3.8) is 0 Å². The number of aromatic nitrogens is 2. The van der Waals surface area contributed by atoms with Gasteiger partial charge >= 0.3 is 5.97 Å². The molecule has 0 amide bonds. The molecule has 2 aromatic rings. The van der Waals surface area contributed by atoms with Gasteiger partial charge in [0.25, 0.3) is 0 Å². The summed E-state index contributed by atoms with van der Waals surface area (Å²) in [6, 6.07) is 8.36. The van der Waals surface area contributed by atoms with Crippen molar-refractivity contribution in [2.75, 3.05) is 0 Å². The molecular formula is C16H20N2O2. The Labute approximate surface area is 119 Å². The van der Waals surface area contributed by atoms with Crippen LogP contribution in [0.4, 0.5) is 0 Å². The molecule has 0 bridgehead atoms. The van der Waals surface area contributed by atoms with Gasteiger partial charge in [-0.15, -0.1) is 0 Å². The fourth-order valence-corrected chi connectivity index (χ4v) is 2.11. The average Bonchev–Trinajstić information content (AvgIpc) is 2.70. The van der Waals surface area contributed by atoms with Crippen LogP contribution < -0.4 is 0 Å². The Morgan fingerprint density at radius 3 is 2.30 bits per heavy atom. The van der Waals surface area contributed by atoms with E-state index >= 15 is 0 Å². The second-order valence-corrected chi connectivity index (χ2v) is 6.08. The van der Waals surface area contributed by atoms with Crippen molar-refractivity contribution in [3.8, 4) is 0 Å². The minimum absolute atomic E-state index is 0.136. The molecule has 1 N–H and O–H groups in total. The van der Waals surface area contributed by atoms with Crippen molar-refractivity contribution in [1.29, 1.82) is 0 Å². The molecule has 1 heterocycles. The maximum atomic E-state index is 11.0. The van der Waals surface area contributed by atoms with Crippen LogP contribution in [0.3, 0.4) is 0 Å². The lowest BCUT2D eigenvalue weighted by Crippen LogP contribution is -2.11. The molecule has 0 spiro atoms. The van der Waals surface area contributed by atoms with Crippen molar-refractivity contribution in [2.45, 2.75) is 39.7 Å². The molecule has 0 aliphatic heterocycles. The topological polar surface area (TPSA) is 55.1 Å². The van der Waals surface area contributed by atoms with Gasteiger partial charge in [0, 0.05) is 6.20 Å². The summed E-state index contributed by atoms with van der Waals surface area (Å²) in [6.45, 7) is 8.83. The van der Waals surface area contributed by atoms with Crippen LogP contribution in [0.1, 0.15) is 48.0 Å². The third-order valence-corrected chi connectivity index (χ3v) is 3.34. The van der Waals surface area contributed by atoms with E-state index in [2.05, 4.69) is 50.1 Å². The first-order valence-electron chi connectivity index (χ1n) is 6.64. The molecule has 0 aliphatic carbocycles. The van der Waals surface area contributed by atoms with Crippen molar-refractivity contribution in [1.82, 2.24) is 9.78 Å². The van der Waals surface area contributed by atoms with Gasteiger partial charge < -0.3 is 5.11 Å². The van der Waals surface area contributed by atoms with Crippen LogP contribution >= 0.6 is 0 Å². The second kappa shape index (κ2) is 5.12. The van der Waals surface area contributed by atoms with E-state index in [0.717, 1.165) is 5.56 Å². The summed E-state index contributed by atoms with van der Waals surface area (Å²) in [4.78, 5) is 11.0. The van der Waals surface area contributed by atoms with Crippen LogP contribution in [0.25, 0.3) is 0 Å². The molecule has 0 saturated heterocycles. The summed E-state index contributed by atoms with van der Waals surface area (Å²) in [6.07, 6.45) is 1.58. The molecule has 0 atom stereocenters. The maximum absolute atomic E-state index is 11.0. The van der Waals surface area contributed by atoms with E-state index in [1.807, 2.05) is 0 Å². The van der Waals surface area contributed by atoms with Crippen LogP contribution in [-0.4, -0.2) is 20.9 Å². The molecule has 1 aromatic heterocycles. The maximum Gasteiger partial charge on any atom is 0.339 e. The number of carbonyl (C=O) groups is 1. The molecule has 4 heteroatoms. The lowest BCUT2D eigenvalue weighted by atomic mass is 9.87. The monoisotopic (exact) mass is 272 g/mol. The molecule has 2 rings (SSSR count). The van der Waals surface area contributed by atoms with E-state index in [1.54, 1.807) is 17.8 Å². The molecular weight excluding hydrogens is 252 g/mol. The van der Waals surface area contributed by atoms with E-state index < -0.39 is 5.97 Å². The Hall–Kier alpha value is -2.10. The van der Waals surface area contributed by atoms with Crippen molar-refractivity contribution >= 4 is 5.97 Å². The zero-order valence-corrected chi connectivity index (χ0v) is 12.3. The number of benzene rings is 1. The van der Waals surface area contributed by atoms with Gasteiger partial charge in [-0.1, -0.05) is 45.0 Å². The SMILES string of the molecule is Cc1nn(Cc2ccc(C(C)(C)C)cc2)cc1C(=O)O. The smallest absolute Gasteiger partial charge is 0.339 e. The van der Waals surface area contributed by atoms with Gasteiger partial charge in [-0.25, -0.2) is 4.79 Å². The van der Waals surface area contributed by atoms with Crippen LogP contribution in [0.15, 0.2) is 30.5 Å². The second-order valence-electron chi connectivity index (χ2n) is 6.08. The Morgan fingerprint density at radius 1 is 1.25 bits per heavy atom. The number of aromatic carboxylic acids is 1. The number of aryl methyl sites for hydroxylation is 1. The van der Waals surface area contributed by atoms with E-state index in [-0.39, 0.29) is 11.0 Å². The van der Waals surface area contributed by atoms with Gasteiger partial charge in [-0.2, -0.15) is 5.10 Å². The van der Waals surface area contributed by atoms with Crippen LogP contribution in [-0.2, 0) is 12.0 Å². The minimum Gasteiger partial charge on any atom is -0.478 e. The molecule has 0 saturated carbocycles. The van der Waals surface area contributed by atoms with Gasteiger partial charge in [0.15, 0.2) is 0 Å². The van der Waals surface area contributed by atoms with Gasteiger partial charge in [0.1, 0.15) is 5.56 Å². The third kappa shape index (κ3) is 3.07. The normalized spacial score (nSPS) is 11.6. The predicted octanol–water partition coefficient (Wildman–Crippen LogP) is 3.24. The van der Waals surface area contributed by atoms with Gasteiger partial charge in [-0.05, 0) is 23.5 Å². The zero-order valence-electron chi connectivity index (χ0n) is 12.3. The highest BCUT2D eigenvalue weighted by atomic mass is 16.4. The molecule has 20 heavy (non-hydrogen) atoms. The van der Waals surface area contributed by atoms with Gasteiger partial charge in [0.2, 0.25) is 0 Å². The number of nitrogens with zero attached hydrogens (tertiary/aromatic N) is 2. The number of hydrogen-bond acceptors (Lipinski definition) is 2. The van der Waals surface area contributed by atoms with E-state index in [0.29, 0.717) is 12.2 Å². The number of hydrogen-bond donors (Lipinski definition) is 1. The summed E-state index contributed by atoms with van der Waals surface area (Å²) in [5.74, 6) is -0.933. The molecule has 106 valence electrons. The van der Waals surface area contributed by atoms with Crippen LogP contribution in [0.2, 0.25) is 0 Å². The fourth-order valence-electron chi connectivity index (χ4n) is 2.11. The third-order valence-electron chi connectivity index (χ3n) is 3.34. The van der Waals surface area contributed by atoms with E-state index in [9.17, 15) is 4.79 Å². The fraction of sp³-hybridized carbons (Fsp3) is 0.375. The Balaban J connectivity index is 2.18. The Kier molecular flexibility index (Phi) is 3.66. The first-order chi connectivity index (χ1) is 9.27. The molecule has 0 aliphatic rings. The van der Waals surface area contributed by atoms with Crippen molar-refractivity contribution in [3.05, 3.63) is 52.8 Å². The first-order valence-corrected chi connectivity index (χ1v) is 6.64. The van der Waals surface area contributed by atoms with E-state index in [4.69, 9.17) is 5.11 Å². The quantitative estimate of drug-likeness (QED) is 0.933. The number of rotatable bonds is 3.